The molecule has 0 saturated heterocycles. The summed E-state index contributed by atoms with van der Waals surface area (Å²) in [5.41, 5.74) is 0. The van der Waals surface area contributed by atoms with Gasteiger partial charge in [-0.25, -0.2) is 9.67 Å². The SMILES string of the molecule is c1ccc(OCCn2nc(C3CC3)nc2C2CC2)cc1. The molecule has 2 aliphatic rings. The zero-order valence-electron chi connectivity index (χ0n) is 11.5. The molecule has 1 heterocycles. The van der Waals surface area contributed by atoms with Gasteiger partial charge in [0.15, 0.2) is 5.82 Å². The maximum atomic E-state index is 5.76. The number of benzene rings is 1. The lowest BCUT2D eigenvalue weighted by Crippen LogP contribution is -2.12. The van der Waals surface area contributed by atoms with E-state index >= 15 is 0 Å². The van der Waals surface area contributed by atoms with E-state index in [2.05, 4.69) is 4.68 Å². The van der Waals surface area contributed by atoms with Gasteiger partial charge in [-0.1, -0.05) is 18.2 Å². The molecule has 104 valence electrons. The molecule has 0 atom stereocenters. The Morgan fingerprint density at radius 3 is 2.50 bits per heavy atom. The maximum absolute atomic E-state index is 5.76. The van der Waals surface area contributed by atoms with Crippen molar-refractivity contribution in [2.45, 2.75) is 44.1 Å². The van der Waals surface area contributed by atoms with Gasteiger partial charge in [0.05, 0.1) is 6.54 Å². The minimum atomic E-state index is 0.629. The molecule has 0 amide bonds. The zero-order valence-corrected chi connectivity index (χ0v) is 11.5. The van der Waals surface area contributed by atoms with Crippen molar-refractivity contribution in [1.29, 1.82) is 0 Å². The van der Waals surface area contributed by atoms with E-state index in [4.69, 9.17) is 14.8 Å². The Labute approximate surface area is 118 Å². The second-order valence-electron chi connectivity index (χ2n) is 5.76. The highest BCUT2D eigenvalue weighted by Gasteiger charge is 2.34. The van der Waals surface area contributed by atoms with Crippen molar-refractivity contribution in [2.24, 2.45) is 0 Å². The Morgan fingerprint density at radius 2 is 1.80 bits per heavy atom. The van der Waals surface area contributed by atoms with Crippen LogP contribution in [0.1, 0.15) is 49.2 Å². The van der Waals surface area contributed by atoms with E-state index in [1.807, 2.05) is 30.3 Å². The summed E-state index contributed by atoms with van der Waals surface area (Å²) in [4.78, 5) is 4.76. The molecule has 1 aromatic carbocycles. The highest BCUT2D eigenvalue weighted by atomic mass is 16.5. The predicted molar refractivity (Wildman–Crippen MR) is 75.9 cm³/mol. The van der Waals surface area contributed by atoms with Crippen LogP contribution in [0.5, 0.6) is 5.75 Å². The molecule has 4 heteroatoms. The van der Waals surface area contributed by atoms with Gasteiger partial charge < -0.3 is 4.74 Å². The van der Waals surface area contributed by atoms with Crippen LogP contribution in [0.3, 0.4) is 0 Å². The number of nitrogens with zero attached hydrogens (tertiary/aromatic N) is 3. The molecule has 2 aliphatic carbocycles. The third-order valence-electron chi connectivity index (χ3n) is 3.92. The maximum Gasteiger partial charge on any atom is 0.154 e. The molecule has 2 fully saturated rings. The average Bonchev–Trinajstić information content (AvgIpc) is 3.39. The van der Waals surface area contributed by atoms with E-state index in [1.54, 1.807) is 0 Å². The van der Waals surface area contributed by atoms with Crippen LogP contribution in [-0.2, 0) is 6.54 Å². The summed E-state index contributed by atoms with van der Waals surface area (Å²) in [5, 5.41) is 4.69. The monoisotopic (exact) mass is 269 g/mol. The van der Waals surface area contributed by atoms with Crippen molar-refractivity contribution in [3.05, 3.63) is 42.0 Å². The highest BCUT2D eigenvalue weighted by molar-refractivity contribution is 5.20. The summed E-state index contributed by atoms with van der Waals surface area (Å²) in [6, 6.07) is 9.95. The average molecular weight is 269 g/mol. The van der Waals surface area contributed by atoms with Crippen LogP contribution in [0, 0.1) is 0 Å². The Balaban J connectivity index is 1.42. The van der Waals surface area contributed by atoms with E-state index in [-0.39, 0.29) is 0 Å². The fourth-order valence-electron chi connectivity index (χ4n) is 2.46. The fraction of sp³-hybridized carbons (Fsp3) is 0.500. The van der Waals surface area contributed by atoms with Gasteiger partial charge in [-0.15, -0.1) is 0 Å². The predicted octanol–water partition coefficient (Wildman–Crippen LogP) is 3.11. The first kappa shape index (κ1) is 11.9. The van der Waals surface area contributed by atoms with Crippen LogP contribution in [0.25, 0.3) is 0 Å². The van der Waals surface area contributed by atoms with Crippen molar-refractivity contribution >= 4 is 0 Å². The molecule has 0 spiro atoms. The van der Waals surface area contributed by atoms with Crippen LogP contribution in [0.2, 0.25) is 0 Å². The van der Waals surface area contributed by atoms with Crippen molar-refractivity contribution < 1.29 is 4.74 Å². The molecule has 0 bridgehead atoms. The Hall–Kier alpha value is -1.84. The molecular weight excluding hydrogens is 250 g/mol. The zero-order chi connectivity index (χ0) is 13.4. The van der Waals surface area contributed by atoms with Gasteiger partial charge in [-0.05, 0) is 37.8 Å². The topological polar surface area (TPSA) is 39.9 Å². The Bertz CT molecular complexity index is 585. The van der Waals surface area contributed by atoms with Gasteiger partial charge in [0.25, 0.3) is 0 Å². The minimum absolute atomic E-state index is 0.629. The van der Waals surface area contributed by atoms with Gasteiger partial charge in [0.1, 0.15) is 18.2 Å². The summed E-state index contributed by atoms with van der Waals surface area (Å²) in [6.45, 7) is 1.44. The van der Waals surface area contributed by atoms with Crippen LogP contribution >= 0.6 is 0 Å². The van der Waals surface area contributed by atoms with E-state index in [0.717, 1.165) is 18.1 Å². The van der Waals surface area contributed by atoms with E-state index in [0.29, 0.717) is 18.4 Å². The number of para-hydroxylation sites is 1. The van der Waals surface area contributed by atoms with Crippen molar-refractivity contribution in [2.75, 3.05) is 6.61 Å². The summed E-state index contributed by atoms with van der Waals surface area (Å²) in [6.07, 6.45) is 5.05. The number of ether oxygens (including phenoxy) is 1. The van der Waals surface area contributed by atoms with Crippen molar-refractivity contribution in [3.8, 4) is 5.75 Å². The summed E-state index contributed by atoms with van der Waals surface area (Å²) >= 11 is 0. The highest BCUT2D eigenvalue weighted by Crippen LogP contribution is 2.42. The number of aromatic nitrogens is 3. The molecule has 1 aromatic heterocycles. The summed E-state index contributed by atoms with van der Waals surface area (Å²) < 4.78 is 7.84. The minimum Gasteiger partial charge on any atom is -0.492 e. The molecule has 4 nitrogen and oxygen atoms in total. The largest absolute Gasteiger partial charge is 0.492 e. The van der Waals surface area contributed by atoms with Crippen molar-refractivity contribution in [1.82, 2.24) is 14.8 Å². The first-order valence-corrected chi connectivity index (χ1v) is 7.52. The van der Waals surface area contributed by atoms with E-state index in [9.17, 15) is 0 Å². The molecule has 0 N–H and O–H groups in total. The lowest BCUT2D eigenvalue weighted by atomic mass is 10.3. The number of rotatable bonds is 6. The lowest BCUT2D eigenvalue weighted by Gasteiger charge is -2.07. The smallest absolute Gasteiger partial charge is 0.154 e. The van der Waals surface area contributed by atoms with Crippen molar-refractivity contribution in [3.63, 3.8) is 0 Å². The van der Waals surface area contributed by atoms with Gasteiger partial charge in [0.2, 0.25) is 0 Å². The van der Waals surface area contributed by atoms with Gasteiger partial charge in [-0.3, -0.25) is 0 Å². The third-order valence-corrected chi connectivity index (χ3v) is 3.92. The Kier molecular flexibility index (Phi) is 2.94. The van der Waals surface area contributed by atoms with Crippen LogP contribution in [0.15, 0.2) is 30.3 Å². The summed E-state index contributed by atoms with van der Waals surface area (Å²) in [7, 11) is 0. The molecule has 2 saturated carbocycles. The lowest BCUT2D eigenvalue weighted by molar-refractivity contribution is 0.288. The van der Waals surface area contributed by atoms with Crippen LogP contribution in [-0.4, -0.2) is 21.4 Å². The van der Waals surface area contributed by atoms with Gasteiger partial charge in [0, 0.05) is 11.8 Å². The first-order chi connectivity index (χ1) is 9.90. The van der Waals surface area contributed by atoms with Gasteiger partial charge in [-0.2, -0.15) is 5.10 Å². The standard InChI is InChI=1S/C16H19N3O/c1-2-4-14(5-3-1)20-11-10-19-16(13-8-9-13)17-15(18-19)12-6-7-12/h1-5,12-13H,6-11H2. The van der Waals surface area contributed by atoms with E-state index in [1.165, 1.54) is 31.5 Å². The van der Waals surface area contributed by atoms with Crippen LogP contribution in [0.4, 0.5) is 0 Å². The number of hydrogen-bond acceptors (Lipinski definition) is 3. The molecule has 0 radical (unpaired) electrons. The quantitative estimate of drug-likeness (QED) is 0.809. The third kappa shape index (κ3) is 2.55. The molecule has 0 unspecified atom stereocenters. The van der Waals surface area contributed by atoms with Gasteiger partial charge >= 0.3 is 0 Å². The molecule has 4 rings (SSSR count). The molecule has 20 heavy (non-hydrogen) atoms. The van der Waals surface area contributed by atoms with Crippen LogP contribution < -0.4 is 4.74 Å². The normalized spacial score (nSPS) is 18.2. The molecule has 0 aliphatic heterocycles. The first-order valence-electron chi connectivity index (χ1n) is 7.52. The fourth-order valence-corrected chi connectivity index (χ4v) is 2.46. The summed E-state index contributed by atoms with van der Waals surface area (Å²) in [5.74, 6) is 4.44. The Morgan fingerprint density at radius 1 is 1.05 bits per heavy atom. The second kappa shape index (κ2) is 4.93. The second-order valence-corrected chi connectivity index (χ2v) is 5.76. The molecule has 2 aromatic rings. The molecular formula is C16H19N3O. The van der Waals surface area contributed by atoms with E-state index < -0.39 is 0 Å². The number of hydrogen-bond donors (Lipinski definition) is 0.